The van der Waals surface area contributed by atoms with Gasteiger partial charge in [-0.3, -0.25) is 4.79 Å². The Hall–Kier alpha value is -4.81. The summed E-state index contributed by atoms with van der Waals surface area (Å²) in [5.41, 5.74) is 3.98. The number of nitrogens with one attached hydrogen (secondary N) is 2. The van der Waals surface area contributed by atoms with Crippen molar-refractivity contribution in [3.05, 3.63) is 105 Å². The fourth-order valence-corrected chi connectivity index (χ4v) is 6.27. The molecule has 3 aromatic heterocycles. The standard InChI is InChI=1S/C33H29BrClN7O4/c1-2-3-13-26-37-30(35)28(32(43)36-24(33(44)45)17-19-9-5-4-6-10-19)42(26)18-20-14-15-25-23(16-20)27(34)29(46-25)21-11-7-8-12-22(21)31-38-40-41-39-31/h4-12,14-16,24H,2-3,13,17-18H2,1H3,(H,36,43)(H,44,45)(H,38,39,40,41)/t24-/m0/s1. The Balaban J connectivity index is 1.34. The summed E-state index contributed by atoms with van der Waals surface area (Å²) in [4.78, 5) is 30.3. The zero-order chi connectivity index (χ0) is 32.2. The average molecular weight is 703 g/mol. The van der Waals surface area contributed by atoms with Gasteiger partial charge in [-0.05, 0) is 50.8 Å². The number of aromatic nitrogens is 6. The van der Waals surface area contributed by atoms with E-state index in [0.29, 0.717) is 29.4 Å². The van der Waals surface area contributed by atoms with Crippen molar-refractivity contribution in [3.8, 4) is 22.7 Å². The predicted octanol–water partition coefficient (Wildman–Crippen LogP) is 6.71. The van der Waals surface area contributed by atoms with Crippen molar-refractivity contribution in [1.29, 1.82) is 0 Å². The molecule has 234 valence electrons. The molecule has 6 aromatic rings. The van der Waals surface area contributed by atoms with Crippen LogP contribution in [-0.2, 0) is 24.2 Å². The van der Waals surface area contributed by atoms with Crippen LogP contribution in [0, 0.1) is 0 Å². The van der Waals surface area contributed by atoms with Crippen molar-refractivity contribution < 1.29 is 19.1 Å². The van der Waals surface area contributed by atoms with E-state index < -0.39 is 17.9 Å². The van der Waals surface area contributed by atoms with Crippen LogP contribution in [0.25, 0.3) is 33.7 Å². The Morgan fingerprint density at radius 2 is 1.83 bits per heavy atom. The van der Waals surface area contributed by atoms with E-state index in [1.807, 2.05) is 72.8 Å². The van der Waals surface area contributed by atoms with Gasteiger partial charge in [-0.2, -0.15) is 5.21 Å². The summed E-state index contributed by atoms with van der Waals surface area (Å²) < 4.78 is 8.82. The number of H-pyrrole nitrogens is 1. The number of nitrogens with zero attached hydrogens (tertiary/aromatic N) is 5. The van der Waals surface area contributed by atoms with Gasteiger partial charge in [-0.1, -0.05) is 85.6 Å². The number of carbonyl (C=O) groups excluding carboxylic acids is 1. The van der Waals surface area contributed by atoms with Gasteiger partial charge in [0.05, 0.1) is 4.47 Å². The maximum absolute atomic E-state index is 13.7. The molecule has 0 unspecified atom stereocenters. The van der Waals surface area contributed by atoms with Gasteiger partial charge in [0.15, 0.2) is 5.15 Å². The van der Waals surface area contributed by atoms with Gasteiger partial charge < -0.3 is 19.4 Å². The van der Waals surface area contributed by atoms with Crippen LogP contribution >= 0.6 is 27.5 Å². The predicted molar refractivity (Wildman–Crippen MR) is 177 cm³/mol. The van der Waals surface area contributed by atoms with Crippen LogP contribution in [-0.4, -0.2) is 53.2 Å². The lowest BCUT2D eigenvalue weighted by atomic mass is 10.0. The Labute approximate surface area is 277 Å². The quantitative estimate of drug-likeness (QED) is 0.127. The molecule has 0 spiro atoms. The van der Waals surface area contributed by atoms with E-state index in [-0.39, 0.29) is 23.8 Å². The summed E-state index contributed by atoms with van der Waals surface area (Å²) in [6.45, 7) is 2.35. The number of halogens is 2. The molecule has 1 amide bonds. The first kappa shape index (κ1) is 31.2. The van der Waals surface area contributed by atoms with Crippen LogP contribution in [0.15, 0.2) is 81.7 Å². The molecule has 0 saturated heterocycles. The summed E-state index contributed by atoms with van der Waals surface area (Å²) in [5, 5.41) is 27.9. The SMILES string of the molecule is CCCCc1nc(Cl)c(C(=O)N[C@@H](Cc2ccccc2)C(=O)O)n1Cc1ccc2oc(-c3ccccc3-c3nn[nH]n3)c(Br)c2c1. The molecule has 0 fully saturated rings. The molecule has 0 aliphatic rings. The minimum absolute atomic E-state index is 0.0263. The van der Waals surface area contributed by atoms with Gasteiger partial charge >= 0.3 is 5.97 Å². The highest BCUT2D eigenvalue weighted by atomic mass is 79.9. The molecule has 0 bridgehead atoms. The second-order valence-corrected chi connectivity index (χ2v) is 11.9. The number of carboxylic acids is 1. The number of hydrogen-bond acceptors (Lipinski definition) is 7. The summed E-state index contributed by atoms with van der Waals surface area (Å²) in [6.07, 6.45) is 2.49. The lowest BCUT2D eigenvalue weighted by Gasteiger charge is -2.17. The number of tetrazole rings is 1. The normalized spacial score (nSPS) is 12.0. The van der Waals surface area contributed by atoms with Crippen molar-refractivity contribution in [2.45, 2.75) is 45.2 Å². The molecule has 3 heterocycles. The first-order valence-corrected chi connectivity index (χ1v) is 15.9. The second-order valence-electron chi connectivity index (χ2n) is 10.8. The molecule has 1 atom stereocenters. The number of aliphatic carboxylic acids is 1. The van der Waals surface area contributed by atoms with Crippen molar-refractivity contribution in [3.63, 3.8) is 0 Å². The number of carbonyl (C=O) groups is 2. The number of amides is 1. The van der Waals surface area contributed by atoms with Gasteiger partial charge in [-0.25, -0.2) is 9.78 Å². The Kier molecular flexibility index (Phi) is 9.27. The molecule has 3 N–H and O–H groups in total. The number of rotatable bonds is 12. The van der Waals surface area contributed by atoms with Crippen molar-refractivity contribution in [2.24, 2.45) is 0 Å². The zero-order valence-corrected chi connectivity index (χ0v) is 27.0. The number of fused-ring (bicyclic) bond motifs is 1. The lowest BCUT2D eigenvalue weighted by molar-refractivity contribution is -0.139. The first-order valence-electron chi connectivity index (χ1n) is 14.7. The van der Waals surface area contributed by atoms with Crippen molar-refractivity contribution in [2.75, 3.05) is 0 Å². The molecule has 46 heavy (non-hydrogen) atoms. The highest BCUT2D eigenvalue weighted by molar-refractivity contribution is 9.10. The zero-order valence-electron chi connectivity index (χ0n) is 24.7. The maximum atomic E-state index is 13.7. The average Bonchev–Trinajstić information content (AvgIpc) is 3.78. The highest BCUT2D eigenvalue weighted by Crippen LogP contribution is 2.41. The number of unbranched alkanes of at least 4 members (excludes halogenated alkanes) is 1. The topological polar surface area (TPSA) is 152 Å². The summed E-state index contributed by atoms with van der Waals surface area (Å²) in [5.74, 6) is -0.0416. The molecule has 0 radical (unpaired) electrons. The van der Waals surface area contributed by atoms with Crippen LogP contribution in [0.5, 0.6) is 0 Å². The highest BCUT2D eigenvalue weighted by Gasteiger charge is 2.27. The van der Waals surface area contributed by atoms with E-state index in [2.05, 4.69) is 53.8 Å². The van der Waals surface area contributed by atoms with Crippen LogP contribution in [0.3, 0.4) is 0 Å². The van der Waals surface area contributed by atoms with E-state index >= 15 is 0 Å². The monoisotopic (exact) mass is 701 g/mol. The number of carboxylic acid groups (broad SMARTS) is 1. The number of furan rings is 1. The molecule has 3 aromatic carbocycles. The van der Waals surface area contributed by atoms with Crippen LogP contribution in [0.4, 0.5) is 0 Å². The number of aromatic amines is 1. The number of imidazole rings is 1. The summed E-state index contributed by atoms with van der Waals surface area (Å²) in [6, 6.07) is 21.4. The molecule has 0 aliphatic carbocycles. The van der Waals surface area contributed by atoms with E-state index in [4.69, 9.17) is 16.0 Å². The largest absolute Gasteiger partial charge is 0.480 e. The summed E-state index contributed by atoms with van der Waals surface area (Å²) >= 11 is 10.3. The fourth-order valence-electron chi connectivity index (χ4n) is 5.38. The molecule has 6 rings (SSSR count). The van der Waals surface area contributed by atoms with E-state index in [9.17, 15) is 14.7 Å². The van der Waals surface area contributed by atoms with Crippen LogP contribution in [0.1, 0.15) is 47.2 Å². The molecule has 0 saturated carbocycles. The minimum atomic E-state index is -1.15. The van der Waals surface area contributed by atoms with E-state index in [0.717, 1.165) is 45.0 Å². The van der Waals surface area contributed by atoms with Gasteiger partial charge in [-0.15, -0.1) is 10.2 Å². The smallest absolute Gasteiger partial charge is 0.326 e. The van der Waals surface area contributed by atoms with Crippen LogP contribution in [0.2, 0.25) is 5.15 Å². The second kappa shape index (κ2) is 13.7. The summed E-state index contributed by atoms with van der Waals surface area (Å²) in [7, 11) is 0. The van der Waals surface area contributed by atoms with Gasteiger partial charge in [0, 0.05) is 35.9 Å². The van der Waals surface area contributed by atoms with Crippen LogP contribution < -0.4 is 5.32 Å². The van der Waals surface area contributed by atoms with Gasteiger partial charge in [0.2, 0.25) is 5.82 Å². The number of benzene rings is 3. The molecule has 0 aliphatic heterocycles. The third kappa shape index (κ3) is 6.44. The number of aryl methyl sites for hydroxylation is 1. The molecule has 11 nitrogen and oxygen atoms in total. The fraction of sp³-hybridized carbons (Fsp3) is 0.212. The molecule has 13 heteroatoms. The first-order chi connectivity index (χ1) is 22.3. The Bertz CT molecular complexity index is 2010. The maximum Gasteiger partial charge on any atom is 0.326 e. The van der Waals surface area contributed by atoms with E-state index in [1.165, 1.54) is 0 Å². The number of hydrogen-bond donors (Lipinski definition) is 3. The van der Waals surface area contributed by atoms with Gasteiger partial charge in [0.25, 0.3) is 5.91 Å². The van der Waals surface area contributed by atoms with E-state index in [1.54, 1.807) is 4.57 Å². The lowest BCUT2D eigenvalue weighted by Crippen LogP contribution is -2.43. The Morgan fingerprint density at radius 1 is 1.07 bits per heavy atom. The third-order valence-electron chi connectivity index (χ3n) is 7.65. The van der Waals surface area contributed by atoms with Crippen molar-refractivity contribution >= 4 is 50.4 Å². The molecular formula is C33H29BrClN7O4. The minimum Gasteiger partial charge on any atom is -0.480 e. The van der Waals surface area contributed by atoms with Gasteiger partial charge in [0.1, 0.15) is 28.9 Å². The Morgan fingerprint density at radius 3 is 2.54 bits per heavy atom. The third-order valence-corrected chi connectivity index (χ3v) is 8.70. The van der Waals surface area contributed by atoms with Crippen molar-refractivity contribution in [1.82, 2.24) is 35.5 Å². The molecular weight excluding hydrogens is 674 g/mol.